The normalized spacial score (nSPS) is 23.7. The highest BCUT2D eigenvalue weighted by Crippen LogP contribution is 2.25. The van der Waals surface area contributed by atoms with Crippen LogP contribution in [0.3, 0.4) is 0 Å². The van der Waals surface area contributed by atoms with E-state index in [4.69, 9.17) is 0 Å². The van der Waals surface area contributed by atoms with Crippen LogP contribution in [0.1, 0.15) is 18.9 Å². The van der Waals surface area contributed by atoms with Crippen molar-refractivity contribution in [3.63, 3.8) is 0 Å². The van der Waals surface area contributed by atoms with Crippen molar-refractivity contribution in [1.29, 1.82) is 0 Å². The van der Waals surface area contributed by atoms with Crippen LogP contribution in [0.15, 0.2) is 24.3 Å². The lowest BCUT2D eigenvalue weighted by molar-refractivity contribution is 0.211. The van der Waals surface area contributed by atoms with Gasteiger partial charge in [0.05, 0.1) is 0 Å². The zero-order chi connectivity index (χ0) is 13.0. The summed E-state index contributed by atoms with van der Waals surface area (Å²) in [6.45, 7) is 6.72. The molecule has 2 N–H and O–H groups in total. The monoisotopic (exact) mass is 248 g/mol. The van der Waals surface area contributed by atoms with Crippen molar-refractivity contribution in [3.8, 4) is 5.75 Å². The van der Waals surface area contributed by atoms with Gasteiger partial charge < -0.3 is 15.3 Å². The number of likely N-dealkylation sites (N-methyl/N-ethyl adjacent to an activating group) is 1. The van der Waals surface area contributed by atoms with Crippen LogP contribution in [0.2, 0.25) is 0 Å². The van der Waals surface area contributed by atoms with Gasteiger partial charge in [-0.05, 0) is 43.5 Å². The molecule has 0 radical (unpaired) electrons. The van der Waals surface area contributed by atoms with Crippen molar-refractivity contribution in [2.45, 2.75) is 19.8 Å². The Morgan fingerprint density at radius 1 is 1.39 bits per heavy atom. The molecule has 1 atom stereocenters. The van der Waals surface area contributed by atoms with Crippen LogP contribution in [0.25, 0.3) is 0 Å². The molecular weight excluding hydrogens is 224 g/mol. The Morgan fingerprint density at radius 3 is 2.83 bits per heavy atom. The van der Waals surface area contributed by atoms with Crippen LogP contribution in [0.4, 0.5) is 0 Å². The molecule has 1 heterocycles. The van der Waals surface area contributed by atoms with Crippen LogP contribution in [-0.4, -0.2) is 43.2 Å². The Morgan fingerprint density at radius 2 is 2.17 bits per heavy atom. The highest BCUT2D eigenvalue weighted by molar-refractivity contribution is 5.31. The van der Waals surface area contributed by atoms with Crippen molar-refractivity contribution >= 4 is 0 Å². The lowest BCUT2D eigenvalue weighted by atomic mass is 9.89. The molecule has 1 fully saturated rings. The molecule has 3 nitrogen and oxygen atoms in total. The van der Waals surface area contributed by atoms with Gasteiger partial charge in [-0.25, -0.2) is 0 Å². The third-order valence-electron chi connectivity index (χ3n) is 3.86. The van der Waals surface area contributed by atoms with Crippen LogP contribution >= 0.6 is 0 Å². The second-order valence-corrected chi connectivity index (χ2v) is 5.85. The number of hydrogen-bond acceptors (Lipinski definition) is 3. The second kappa shape index (κ2) is 5.72. The van der Waals surface area contributed by atoms with Gasteiger partial charge in [-0.15, -0.1) is 0 Å². The van der Waals surface area contributed by atoms with Crippen molar-refractivity contribution in [1.82, 2.24) is 10.2 Å². The third-order valence-corrected chi connectivity index (χ3v) is 3.86. The fourth-order valence-electron chi connectivity index (χ4n) is 2.77. The van der Waals surface area contributed by atoms with Gasteiger partial charge in [-0.3, -0.25) is 0 Å². The molecule has 0 amide bonds. The highest BCUT2D eigenvalue weighted by atomic mass is 16.3. The first-order chi connectivity index (χ1) is 8.59. The molecule has 0 bridgehead atoms. The predicted molar refractivity (Wildman–Crippen MR) is 74.9 cm³/mol. The molecule has 2 rings (SSSR count). The Kier molecular flexibility index (Phi) is 4.25. The number of hydrogen-bond donors (Lipinski definition) is 2. The zero-order valence-electron chi connectivity index (χ0n) is 11.4. The van der Waals surface area contributed by atoms with Crippen molar-refractivity contribution in [2.24, 2.45) is 5.41 Å². The third kappa shape index (κ3) is 3.47. The summed E-state index contributed by atoms with van der Waals surface area (Å²) in [6.07, 6.45) is 2.17. The molecule has 1 aliphatic rings. The van der Waals surface area contributed by atoms with Crippen LogP contribution < -0.4 is 5.32 Å². The van der Waals surface area contributed by atoms with Crippen LogP contribution in [-0.2, 0) is 6.42 Å². The van der Waals surface area contributed by atoms with E-state index in [1.54, 1.807) is 6.07 Å². The molecule has 100 valence electrons. The van der Waals surface area contributed by atoms with Crippen LogP contribution in [0.5, 0.6) is 5.75 Å². The molecule has 1 aromatic carbocycles. The maximum absolute atomic E-state index is 9.73. The average molecular weight is 248 g/mol. The predicted octanol–water partition coefficient (Wildman–Crippen LogP) is 1.87. The minimum absolute atomic E-state index is 0.410. The topological polar surface area (TPSA) is 35.5 Å². The number of nitrogens with zero attached hydrogens (tertiary/aromatic N) is 1. The fraction of sp³-hybridized carbons (Fsp3) is 0.600. The van der Waals surface area contributed by atoms with E-state index in [0.29, 0.717) is 11.2 Å². The lowest BCUT2D eigenvalue weighted by Gasteiger charge is -2.29. The van der Waals surface area contributed by atoms with E-state index in [1.165, 1.54) is 6.42 Å². The van der Waals surface area contributed by atoms with E-state index in [2.05, 4.69) is 24.2 Å². The second-order valence-electron chi connectivity index (χ2n) is 5.85. The Hall–Kier alpha value is -1.06. The first kappa shape index (κ1) is 13.4. The molecule has 1 unspecified atom stereocenters. The summed E-state index contributed by atoms with van der Waals surface area (Å²) in [5.41, 5.74) is 1.45. The van der Waals surface area contributed by atoms with Crippen molar-refractivity contribution in [2.75, 3.05) is 33.2 Å². The number of nitrogens with one attached hydrogen (secondary N) is 1. The minimum atomic E-state index is 0.410. The summed E-state index contributed by atoms with van der Waals surface area (Å²) in [7, 11) is 2.17. The van der Waals surface area contributed by atoms with Crippen molar-refractivity contribution < 1.29 is 5.11 Å². The number of phenols is 1. The smallest absolute Gasteiger partial charge is 0.118 e. The molecule has 18 heavy (non-hydrogen) atoms. The maximum atomic E-state index is 9.73. The molecule has 0 aliphatic carbocycles. The summed E-state index contributed by atoms with van der Waals surface area (Å²) < 4.78 is 0. The highest BCUT2D eigenvalue weighted by Gasteiger charge is 2.29. The number of benzene rings is 1. The van der Waals surface area contributed by atoms with E-state index in [1.807, 2.05) is 18.2 Å². The molecule has 1 saturated heterocycles. The molecule has 1 aliphatic heterocycles. The molecule has 0 aromatic heterocycles. The lowest BCUT2D eigenvalue weighted by Crippen LogP contribution is -2.36. The van der Waals surface area contributed by atoms with Crippen LogP contribution in [0, 0.1) is 5.41 Å². The Bertz CT molecular complexity index is 386. The van der Waals surface area contributed by atoms with Crippen molar-refractivity contribution in [3.05, 3.63) is 29.8 Å². The van der Waals surface area contributed by atoms with E-state index >= 15 is 0 Å². The van der Waals surface area contributed by atoms with Gasteiger partial charge in [0.2, 0.25) is 0 Å². The number of rotatable bonds is 5. The quantitative estimate of drug-likeness (QED) is 0.835. The van der Waals surface area contributed by atoms with E-state index in [9.17, 15) is 5.11 Å². The van der Waals surface area contributed by atoms with Gasteiger partial charge in [0, 0.05) is 19.6 Å². The van der Waals surface area contributed by atoms with E-state index in [-0.39, 0.29) is 0 Å². The first-order valence-corrected chi connectivity index (χ1v) is 6.75. The van der Waals surface area contributed by atoms with E-state index in [0.717, 1.165) is 38.2 Å². The molecule has 3 heteroatoms. The maximum Gasteiger partial charge on any atom is 0.118 e. The minimum Gasteiger partial charge on any atom is -0.508 e. The van der Waals surface area contributed by atoms with E-state index < -0.39 is 0 Å². The van der Waals surface area contributed by atoms with Gasteiger partial charge >= 0.3 is 0 Å². The first-order valence-electron chi connectivity index (χ1n) is 6.75. The molecule has 1 aromatic rings. The van der Waals surface area contributed by atoms with Gasteiger partial charge in [-0.1, -0.05) is 25.1 Å². The van der Waals surface area contributed by atoms with Gasteiger partial charge in [0.25, 0.3) is 0 Å². The molecule has 0 spiro atoms. The molecular formula is C15H24N2O. The van der Waals surface area contributed by atoms with Gasteiger partial charge in [-0.2, -0.15) is 0 Å². The number of aromatic hydroxyl groups is 1. The molecule has 0 saturated carbocycles. The summed E-state index contributed by atoms with van der Waals surface area (Å²) in [6, 6.07) is 7.62. The van der Waals surface area contributed by atoms with Gasteiger partial charge in [0.15, 0.2) is 0 Å². The summed E-state index contributed by atoms with van der Waals surface area (Å²) in [5.74, 6) is 0.416. The SMILES string of the molecule is CN(CCc1ccccc1O)CC1(C)CCNC1. The Balaban J connectivity index is 1.81. The van der Waals surface area contributed by atoms with Gasteiger partial charge in [0.1, 0.15) is 5.75 Å². The zero-order valence-corrected chi connectivity index (χ0v) is 11.4. The largest absolute Gasteiger partial charge is 0.508 e. The standard InChI is InChI=1S/C15H24N2O/c1-15(8-9-16-11-15)12-17(2)10-7-13-5-3-4-6-14(13)18/h3-6,16,18H,7-12H2,1-2H3. The summed E-state index contributed by atoms with van der Waals surface area (Å²) in [5, 5.41) is 13.2. The fourth-order valence-corrected chi connectivity index (χ4v) is 2.77. The summed E-state index contributed by atoms with van der Waals surface area (Å²) in [4.78, 5) is 2.37. The Labute approximate surface area is 110 Å². The summed E-state index contributed by atoms with van der Waals surface area (Å²) >= 11 is 0. The average Bonchev–Trinajstić information content (AvgIpc) is 2.74. The number of para-hydroxylation sites is 1. The number of phenolic OH excluding ortho intramolecular Hbond substituents is 1.